The van der Waals surface area contributed by atoms with Gasteiger partial charge in [-0.2, -0.15) is 5.26 Å². The number of nitrogens with zero attached hydrogens (tertiary/aromatic N) is 2. The van der Waals surface area contributed by atoms with Gasteiger partial charge in [0.15, 0.2) is 0 Å². The molecule has 1 amide bonds. The highest BCUT2D eigenvalue weighted by atomic mass is 16.2. The monoisotopic (exact) mass is 284 g/mol. The van der Waals surface area contributed by atoms with Crippen molar-refractivity contribution in [1.82, 2.24) is 15.5 Å². The molecule has 0 aromatic heterocycles. The van der Waals surface area contributed by atoms with E-state index in [2.05, 4.69) is 16.7 Å². The van der Waals surface area contributed by atoms with Crippen LogP contribution in [-0.2, 0) is 11.3 Å². The van der Waals surface area contributed by atoms with Crippen molar-refractivity contribution < 1.29 is 4.79 Å². The van der Waals surface area contributed by atoms with Crippen molar-refractivity contribution in [1.29, 1.82) is 5.26 Å². The molecule has 1 aliphatic rings. The number of carbonyl (C=O) groups is 1. The topological polar surface area (TPSA) is 68.2 Å². The minimum absolute atomic E-state index is 0.157. The molecule has 0 radical (unpaired) electrons. The lowest BCUT2D eigenvalue weighted by atomic mass is 10.1. The molecule has 110 valence electrons. The van der Waals surface area contributed by atoms with Crippen molar-refractivity contribution in [2.75, 3.05) is 26.2 Å². The number of aryl methyl sites for hydroxylation is 1. The van der Waals surface area contributed by atoms with E-state index in [9.17, 15) is 4.79 Å². The fourth-order valence-corrected chi connectivity index (χ4v) is 2.27. The number of hydrogen-bond donors (Lipinski definition) is 2. The van der Waals surface area contributed by atoms with Crippen molar-refractivity contribution in [3.63, 3.8) is 0 Å². The lowest BCUT2D eigenvalue weighted by Crippen LogP contribution is -2.46. The molecule has 0 spiro atoms. The zero-order chi connectivity index (χ0) is 15.1. The number of carbonyl (C=O) groups excluding carboxylic acids is 1. The van der Waals surface area contributed by atoms with Gasteiger partial charge >= 0.3 is 0 Å². The summed E-state index contributed by atoms with van der Waals surface area (Å²) < 4.78 is 0. The summed E-state index contributed by atoms with van der Waals surface area (Å²) in [5, 5.41) is 15.4. The van der Waals surface area contributed by atoms with Crippen LogP contribution < -0.4 is 10.6 Å². The molecule has 2 rings (SSSR count). The molecule has 1 fully saturated rings. The predicted octanol–water partition coefficient (Wildman–Crippen LogP) is 0.924. The molecule has 1 aromatic rings. The standard InChI is InChI=1S/C16H20N4O/c1-13-3-2-4-14(9-13)11-19-12-15(10-17)16(21)20-7-5-18-6-8-20/h2-4,9,12,18-19H,5-8,11H2,1H3/b15-12-. The predicted molar refractivity (Wildman–Crippen MR) is 81.2 cm³/mol. The van der Waals surface area contributed by atoms with Crippen LogP contribution in [0, 0.1) is 18.3 Å². The smallest absolute Gasteiger partial charge is 0.266 e. The van der Waals surface area contributed by atoms with Gasteiger partial charge in [0.05, 0.1) is 0 Å². The Hall–Kier alpha value is -2.32. The molecular formula is C16H20N4O. The van der Waals surface area contributed by atoms with Crippen LogP contribution in [0.4, 0.5) is 0 Å². The largest absolute Gasteiger partial charge is 0.386 e. The second kappa shape index (κ2) is 7.46. The van der Waals surface area contributed by atoms with E-state index in [-0.39, 0.29) is 11.5 Å². The number of rotatable bonds is 4. The Labute approximate surface area is 125 Å². The summed E-state index contributed by atoms with van der Waals surface area (Å²) in [6, 6.07) is 10.1. The molecule has 0 atom stereocenters. The summed E-state index contributed by atoms with van der Waals surface area (Å²) in [6.07, 6.45) is 1.52. The maximum Gasteiger partial charge on any atom is 0.266 e. The Balaban J connectivity index is 1.94. The van der Waals surface area contributed by atoms with Crippen LogP contribution in [0.2, 0.25) is 0 Å². The van der Waals surface area contributed by atoms with E-state index in [0.717, 1.165) is 18.7 Å². The molecule has 5 heteroatoms. The van der Waals surface area contributed by atoms with E-state index in [1.54, 1.807) is 4.90 Å². The third-order valence-electron chi connectivity index (χ3n) is 3.39. The summed E-state index contributed by atoms with van der Waals surface area (Å²) in [4.78, 5) is 13.9. The van der Waals surface area contributed by atoms with E-state index < -0.39 is 0 Å². The van der Waals surface area contributed by atoms with Crippen molar-refractivity contribution in [2.45, 2.75) is 13.5 Å². The van der Waals surface area contributed by atoms with Gasteiger partial charge in [0.25, 0.3) is 5.91 Å². The molecule has 1 heterocycles. The highest BCUT2D eigenvalue weighted by molar-refractivity contribution is 5.97. The molecule has 0 aliphatic carbocycles. The molecule has 1 aliphatic heterocycles. The Bertz CT molecular complexity index is 568. The van der Waals surface area contributed by atoms with Gasteiger partial charge in [-0.25, -0.2) is 0 Å². The summed E-state index contributed by atoms with van der Waals surface area (Å²) in [5.74, 6) is -0.198. The molecule has 5 nitrogen and oxygen atoms in total. The number of nitrogens with one attached hydrogen (secondary N) is 2. The molecule has 0 bridgehead atoms. The van der Waals surface area contributed by atoms with Gasteiger partial charge in [-0.1, -0.05) is 29.8 Å². The molecule has 0 unspecified atom stereocenters. The average molecular weight is 284 g/mol. The highest BCUT2D eigenvalue weighted by Gasteiger charge is 2.19. The van der Waals surface area contributed by atoms with E-state index >= 15 is 0 Å². The molecule has 1 saturated heterocycles. The van der Waals surface area contributed by atoms with E-state index in [0.29, 0.717) is 19.6 Å². The first kappa shape index (κ1) is 15.1. The molecule has 21 heavy (non-hydrogen) atoms. The molecule has 0 saturated carbocycles. The van der Waals surface area contributed by atoms with Crippen LogP contribution in [0.15, 0.2) is 36.0 Å². The highest BCUT2D eigenvalue weighted by Crippen LogP contribution is 2.05. The van der Waals surface area contributed by atoms with E-state index in [4.69, 9.17) is 5.26 Å². The Morgan fingerprint density at radius 2 is 2.24 bits per heavy atom. The minimum Gasteiger partial charge on any atom is -0.386 e. The second-order valence-electron chi connectivity index (χ2n) is 5.08. The Morgan fingerprint density at radius 1 is 1.48 bits per heavy atom. The third-order valence-corrected chi connectivity index (χ3v) is 3.39. The second-order valence-corrected chi connectivity index (χ2v) is 5.08. The fourth-order valence-electron chi connectivity index (χ4n) is 2.27. The lowest BCUT2D eigenvalue weighted by molar-refractivity contribution is -0.127. The third kappa shape index (κ3) is 4.33. The zero-order valence-corrected chi connectivity index (χ0v) is 12.2. The average Bonchev–Trinajstić information content (AvgIpc) is 2.52. The lowest BCUT2D eigenvalue weighted by Gasteiger charge is -2.27. The van der Waals surface area contributed by atoms with Crippen molar-refractivity contribution in [3.8, 4) is 6.07 Å². The number of hydrogen-bond acceptors (Lipinski definition) is 4. The summed E-state index contributed by atoms with van der Waals surface area (Å²) in [7, 11) is 0. The summed E-state index contributed by atoms with van der Waals surface area (Å²) in [5.41, 5.74) is 2.47. The first-order chi connectivity index (χ1) is 10.2. The van der Waals surface area contributed by atoms with Crippen LogP contribution in [0.25, 0.3) is 0 Å². The molecular weight excluding hydrogens is 264 g/mol. The Kier molecular flexibility index (Phi) is 5.35. The number of amides is 1. The normalized spacial score (nSPS) is 15.4. The van der Waals surface area contributed by atoms with Crippen LogP contribution in [0.3, 0.4) is 0 Å². The van der Waals surface area contributed by atoms with Crippen LogP contribution in [0.1, 0.15) is 11.1 Å². The molecule has 1 aromatic carbocycles. The first-order valence-electron chi connectivity index (χ1n) is 7.10. The quantitative estimate of drug-likeness (QED) is 0.637. The summed E-state index contributed by atoms with van der Waals surface area (Å²) >= 11 is 0. The van der Waals surface area contributed by atoms with Gasteiger partial charge < -0.3 is 15.5 Å². The van der Waals surface area contributed by atoms with Gasteiger partial charge in [0, 0.05) is 38.9 Å². The SMILES string of the molecule is Cc1cccc(CN/C=C(/C#N)C(=O)N2CCNCC2)c1. The van der Waals surface area contributed by atoms with Gasteiger partial charge in [-0.15, -0.1) is 0 Å². The van der Waals surface area contributed by atoms with Gasteiger partial charge in [-0.05, 0) is 12.5 Å². The minimum atomic E-state index is -0.198. The fraction of sp³-hybridized carbons (Fsp3) is 0.375. The van der Waals surface area contributed by atoms with Crippen LogP contribution in [0.5, 0.6) is 0 Å². The van der Waals surface area contributed by atoms with Gasteiger partial charge in [0.1, 0.15) is 11.6 Å². The van der Waals surface area contributed by atoms with Gasteiger partial charge in [0.2, 0.25) is 0 Å². The Morgan fingerprint density at radius 3 is 2.90 bits per heavy atom. The maximum absolute atomic E-state index is 12.2. The van der Waals surface area contributed by atoms with Crippen LogP contribution in [-0.4, -0.2) is 37.0 Å². The van der Waals surface area contributed by atoms with Crippen molar-refractivity contribution in [3.05, 3.63) is 47.2 Å². The first-order valence-corrected chi connectivity index (χ1v) is 7.10. The van der Waals surface area contributed by atoms with Gasteiger partial charge in [-0.3, -0.25) is 4.79 Å². The van der Waals surface area contributed by atoms with E-state index in [1.807, 2.05) is 31.2 Å². The maximum atomic E-state index is 12.2. The van der Waals surface area contributed by atoms with E-state index in [1.165, 1.54) is 11.8 Å². The number of benzene rings is 1. The number of piperazine rings is 1. The van der Waals surface area contributed by atoms with Crippen LogP contribution >= 0.6 is 0 Å². The van der Waals surface area contributed by atoms with Crippen molar-refractivity contribution >= 4 is 5.91 Å². The van der Waals surface area contributed by atoms with Crippen molar-refractivity contribution in [2.24, 2.45) is 0 Å². The number of nitriles is 1. The zero-order valence-electron chi connectivity index (χ0n) is 12.2. The summed E-state index contributed by atoms with van der Waals surface area (Å²) in [6.45, 7) is 5.49. The molecule has 2 N–H and O–H groups in total.